The van der Waals surface area contributed by atoms with Gasteiger partial charge >= 0.3 is 0 Å². The standard InChI is InChI=1S/C24H32N2O4S/c1-5-12-25(17-24(2,3)28)15-23(27)26-13-10-22-20(11-14-31-22)21(26)16-30-19-8-6-18(29-4)7-9-19/h5-9,11,14,21,28H,1,10,12-13,15-17H2,2-4H3. The highest BCUT2D eigenvalue weighted by Crippen LogP contribution is 2.34. The second-order valence-corrected chi connectivity index (χ2v) is 9.41. The molecule has 0 radical (unpaired) electrons. The summed E-state index contributed by atoms with van der Waals surface area (Å²) in [6.07, 6.45) is 2.61. The van der Waals surface area contributed by atoms with Crippen molar-refractivity contribution in [2.24, 2.45) is 0 Å². The minimum absolute atomic E-state index is 0.0336. The van der Waals surface area contributed by atoms with Crippen molar-refractivity contribution in [3.63, 3.8) is 0 Å². The van der Waals surface area contributed by atoms with Gasteiger partial charge in [-0.3, -0.25) is 9.69 Å². The Hall–Kier alpha value is -2.35. The van der Waals surface area contributed by atoms with Gasteiger partial charge in [-0.25, -0.2) is 0 Å². The van der Waals surface area contributed by atoms with Crippen molar-refractivity contribution in [1.29, 1.82) is 0 Å². The molecule has 0 fully saturated rings. The number of rotatable bonds is 10. The van der Waals surface area contributed by atoms with E-state index in [0.717, 1.165) is 23.5 Å². The van der Waals surface area contributed by atoms with E-state index in [0.29, 0.717) is 26.2 Å². The molecule has 0 saturated carbocycles. The molecule has 6 nitrogen and oxygen atoms in total. The van der Waals surface area contributed by atoms with Gasteiger partial charge in [0, 0.05) is 24.5 Å². The van der Waals surface area contributed by atoms with Gasteiger partial charge < -0.3 is 19.5 Å². The van der Waals surface area contributed by atoms with Gasteiger partial charge in [-0.15, -0.1) is 17.9 Å². The number of hydrogen-bond donors (Lipinski definition) is 1. The summed E-state index contributed by atoms with van der Waals surface area (Å²) >= 11 is 1.73. The van der Waals surface area contributed by atoms with E-state index in [1.165, 1.54) is 4.88 Å². The van der Waals surface area contributed by atoms with Crippen molar-refractivity contribution >= 4 is 17.2 Å². The molecular formula is C24H32N2O4S. The smallest absolute Gasteiger partial charge is 0.237 e. The molecule has 7 heteroatoms. The highest BCUT2D eigenvalue weighted by Gasteiger charge is 2.33. The second-order valence-electron chi connectivity index (χ2n) is 8.41. The first-order valence-electron chi connectivity index (χ1n) is 10.5. The zero-order chi connectivity index (χ0) is 22.4. The first kappa shape index (κ1) is 23.3. The van der Waals surface area contributed by atoms with Crippen LogP contribution in [0.3, 0.4) is 0 Å². The molecule has 2 aromatic rings. The van der Waals surface area contributed by atoms with E-state index >= 15 is 0 Å². The van der Waals surface area contributed by atoms with Crippen molar-refractivity contribution in [2.45, 2.75) is 31.9 Å². The lowest BCUT2D eigenvalue weighted by Crippen LogP contribution is -2.49. The quantitative estimate of drug-likeness (QED) is 0.568. The average Bonchev–Trinajstić information content (AvgIpc) is 3.20. The summed E-state index contributed by atoms with van der Waals surface area (Å²) in [5, 5.41) is 12.3. The molecule has 0 bridgehead atoms. The fourth-order valence-electron chi connectivity index (χ4n) is 3.92. The van der Waals surface area contributed by atoms with Gasteiger partial charge in [0.25, 0.3) is 0 Å². The van der Waals surface area contributed by atoms with Crippen LogP contribution in [-0.4, -0.2) is 66.3 Å². The third kappa shape index (κ3) is 6.32. The number of aliphatic hydroxyl groups is 1. The van der Waals surface area contributed by atoms with Crippen molar-refractivity contribution in [3.05, 3.63) is 58.8 Å². The Morgan fingerprint density at radius 3 is 2.68 bits per heavy atom. The largest absolute Gasteiger partial charge is 0.497 e. The van der Waals surface area contributed by atoms with E-state index in [4.69, 9.17) is 9.47 Å². The average molecular weight is 445 g/mol. The van der Waals surface area contributed by atoms with E-state index < -0.39 is 5.60 Å². The van der Waals surface area contributed by atoms with E-state index in [2.05, 4.69) is 18.0 Å². The molecule has 31 heavy (non-hydrogen) atoms. The molecule has 2 heterocycles. The molecule has 0 aliphatic carbocycles. The SMILES string of the molecule is C=CCN(CC(=O)N1CCc2sccc2C1COc1ccc(OC)cc1)CC(C)(C)O. The molecule has 0 spiro atoms. The first-order chi connectivity index (χ1) is 14.8. The molecule has 3 rings (SSSR count). The van der Waals surface area contributed by atoms with Gasteiger partial charge in [0.1, 0.15) is 18.1 Å². The maximum absolute atomic E-state index is 13.3. The van der Waals surface area contributed by atoms with Gasteiger partial charge in [-0.1, -0.05) is 6.08 Å². The van der Waals surface area contributed by atoms with Crippen LogP contribution in [0.15, 0.2) is 48.4 Å². The van der Waals surface area contributed by atoms with Crippen molar-refractivity contribution < 1.29 is 19.4 Å². The minimum atomic E-state index is -0.886. The Morgan fingerprint density at radius 1 is 1.32 bits per heavy atom. The zero-order valence-corrected chi connectivity index (χ0v) is 19.4. The van der Waals surface area contributed by atoms with E-state index in [-0.39, 0.29) is 18.5 Å². The Balaban J connectivity index is 1.73. The van der Waals surface area contributed by atoms with Crippen LogP contribution in [0.5, 0.6) is 11.5 Å². The van der Waals surface area contributed by atoms with Crippen molar-refractivity contribution in [1.82, 2.24) is 9.80 Å². The lowest BCUT2D eigenvalue weighted by Gasteiger charge is -2.37. The second kappa shape index (κ2) is 10.3. The summed E-state index contributed by atoms with van der Waals surface area (Å²) in [6.45, 7) is 9.50. The maximum Gasteiger partial charge on any atom is 0.237 e. The van der Waals surface area contributed by atoms with Crippen LogP contribution in [0.25, 0.3) is 0 Å². The van der Waals surface area contributed by atoms with E-state index in [1.807, 2.05) is 34.1 Å². The number of ether oxygens (including phenoxy) is 2. The summed E-state index contributed by atoms with van der Waals surface area (Å²) < 4.78 is 11.3. The van der Waals surface area contributed by atoms with Crippen LogP contribution in [0, 0.1) is 0 Å². The van der Waals surface area contributed by atoms with Gasteiger partial charge in [-0.2, -0.15) is 0 Å². The summed E-state index contributed by atoms with van der Waals surface area (Å²) in [5.74, 6) is 1.55. The van der Waals surface area contributed by atoms with Crippen LogP contribution < -0.4 is 9.47 Å². The molecule has 1 aromatic carbocycles. The summed E-state index contributed by atoms with van der Waals surface area (Å²) in [6, 6.07) is 9.42. The first-order valence-corrected chi connectivity index (χ1v) is 11.4. The van der Waals surface area contributed by atoms with Gasteiger partial charge in [0.15, 0.2) is 0 Å². The Labute approximate surface area is 188 Å². The zero-order valence-electron chi connectivity index (χ0n) is 18.5. The monoisotopic (exact) mass is 444 g/mol. The summed E-state index contributed by atoms with van der Waals surface area (Å²) in [5.41, 5.74) is 0.277. The lowest BCUT2D eigenvalue weighted by atomic mass is 10.00. The minimum Gasteiger partial charge on any atom is -0.497 e. The number of carbonyl (C=O) groups is 1. The third-order valence-electron chi connectivity index (χ3n) is 5.24. The highest BCUT2D eigenvalue weighted by molar-refractivity contribution is 7.10. The number of nitrogens with zero attached hydrogens (tertiary/aromatic N) is 2. The molecule has 1 unspecified atom stereocenters. The molecule has 1 aliphatic rings. The van der Waals surface area contributed by atoms with Gasteiger partial charge in [-0.05, 0) is 61.5 Å². The number of carbonyl (C=O) groups excluding carboxylic acids is 1. The molecule has 1 atom stereocenters. The van der Waals surface area contributed by atoms with Crippen LogP contribution in [0.4, 0.5) is 0 Å². The molecule has 1 N–H and O–H groups in total. The molecule has 1 aromatic heterocycles. The van der Waals surface area contributed by atoms with Crippen molar-refractivity contribution in [2.75, 3.05) is 39.9 Å². The molecule has 0 saturated heterocycles. The Kier molecular flexibility index (Phi) is 7.75. The fourth-order valence-corrected chi connectivity index (χ4v) is 4.85. The number of hydrogen-bond acceptors (Lipinski definition) is 6. The van der Waals surface area contributed by atoms with Crippen LogP contribution >= 0.6 is 11.3 Å². The molecule has 1 aliphatic heterocycles. The van der Waals surface area contributed by atoms with Crippen LogP contribution in [-0.2, 0) is 11.2 Å². The molecule has 168 valence electrons. The highest BCUT2D eigenvalue weighted by atomic mass is 32.1. The third-order valence-corrected chi connectivity index (χ3v) is 6.24. The Bertz CT molecular complexity index is 872. The molecule has 1 amide bonds. The maximum atomic E-state index is 13.3. The lowest BCUT2D eigenvalue weighted by molar-refractivity contribution is -0.136. The number of fused-ring (bicyclic) bond motifs is 1. The predicted octanol–water partition coefficient (Wildman–Crippen LogP) is 3.52. The number of benzene rings is 1. The van der Waals surface area contributed by atoms with Gasteiger partial charge in [0.2, 0.25) is 5.91 Å². The van der Waals surface area contributed by atoms with Crippen LogP contribution in [0.1, 0.15) is 30.3 Å². The predicted molar refractivity (Wildman–Crippen MR) is 124 cm³/mol. The van der Waals surface area contributed by atoms with Gasteiger partial charge in [0.05, 0.1) is 25.3 Å². The number of thiophene rings is 1. The van der Waals surface area contributed by atoms with Crippen LogP contribution in [0.2, 0.25) is 0 Å². The summed E-state index contributed by atoms with van der Waals surface area (Å²) in [4.78, 5) is 18.5. The number of methoxy groups -OCH3 is 1. The van der Waals surface area contributed by atoms with E-state index in [9.17, 15) is 9.90 Å². The van der Waals surface area contributed by atoms with Crippen molar-refractivity contribution in [3.8, 4) is 11.5 Å². The topological polar surface area (TPSA) is 62.2 Å². The normalized spacial score (nSPS) is 16.2. The number of amides is 1. The fraction of sp³-hybridized carbons (Fsp3) is 0.458. The van der Waals surface area contributed by atoms with E-state index in [1.54, 1.807) is 38.4 Å². The molecular weight excluding hydrogens is 412 g/mol. The Morgan fingerprint density at radius 2 is 2.03 bits per heavy atom. The summed E-state index contributed by atoms with van der Waals surface area (Å²) in [7, 11) is 1.63.